The third-order valence-corrected chi connectivity index (χ3v) is 2.90. The number of ether oxygens (including phenoxy) is 2. The Labute approximate surface area is 122 Å². The average molecular weight is 278 g/mol. The fraction of sp³-hybridized carbons (Fsp3) is 0.588. The van der Waals surface area contributed by atoms with Crippen LogP contribution in [-0.2, 0) is 19.7 Å². The quantitative estimate of drug-likeness (QED) is 0.772. The van der Waals surface area contributed by atoms with E-state index in [1.54, 1.807) is 0 Å². The average Bonchev–Trinajstić information content (AvgIpc) is 2.26. The van der Waals surface area contributed by atoms with Crippen LogP contribution in [0.3, 0.4) is 0 Å². The molecule has 0 unspecified atom stereocenters. The second-order valence-electron chi connectivity index (χ2n) is 6.83. The van der Waals surface area contributed by atoms with Gasteiger partial charge in [-0.05, 0) is 33.3 Å². The van der Waals surface area contributed by atoms with E-state index in [-0.39, 0.29) is 18.0 Å². The third kappa shape index (κ3) is 5.74. The molecule has 0 aliphatic rings. The van der Waals surface area contributed by atoms with Gasteiger partial charge in [-0.2, -0.15) is 0 Å². The second kappa shape index (κ2) is 6.40. The van der Waals surface area contributed by atoms with Crippen molar-refractivity contribution in [3.8, 4) is 0 Å². The van der Waals surface area contributed by atoms with Gasteiger partial charge in [-0.3, -0.25) is 0 Å². The highest BCUT2D eigenvalue weighted by Crippen LogP contribution is 2.24. The van der Waals surface area contributed by atoms with Crippen LogP contribution in [0.4, 0.5) is 0 Å². The first-order chi connectivity index (χ1) is 9.10. The van der Waals surface area contributed by atoms with Crippen molar-refractivity contribution >= 4 is 5.97 Å². The Bertz CT molecular complexity index is 456. The fourth-order valence-corrected chi connectivity index (χ4v) is 1.91. The van der Waals surface area contributed by atoms with Crippen LogP contribution in [0.1, 0.15) is 45.7 Å². The zero-order valence-electron chi connectivity index (χ0n) is 13.4. The minimum absolute atomic E-state index is 0.00742. The molecule has 0 atom stereocenters. The Morgan fingerprint density at radius 3 is 2.35 bits per heavy atom. The summed E-state index contributed by atoms with van der Waals surface area (Å²) in [5.41, 5.74) is 1.84. The van der Waals surface area contributed by atoms with Crippen LogP contribution in [0.2, 0.25) is 0 Å². The summed E-state index contributed by atoms with van der Waals surface area (Å²) in [6.45, 7) is 12.3. The summed E-state index contributed by atoms with van der Waals surface area (Å²) in [4.78, 5) is 11.6. The van der Waals surface area contributed by atoms with E-state index in [2.05, 4.69) is 39.0 Å². The molecule has 1 rings (SSSR count). The van der Waals surface area contributed by atoms with Gasteiger partial charge in [-0.1, -0.05) is 43.7 Å². The van der Waals surface area contributed by atoms with E-state index in [9.17, 15) is 4.79 Å². The zero-order valence-corrected chi connectivity index (χ0v) is 13.4. The Morgan fingerprint density at radius 2 is 1.80 bits per heavy atom. The van der Waals surface area contributed by atoms with Crippen LogP contribution in [0, 0.1) is 6.92 Å². The molecule has 20 heavy (non-hydrogen) atoms. The number of rotatable bonds is 5. The summed E-state index contributed by atoms with van der Waals surface area (Å²) in [7, 11) is 0. The summed E-state index contributed by atoms with van der Waals surface area (Å²) < 4.78 is 10.7. The van der Waals surface area contributed by atoms with Gasteiger partial charge in [0.2, 0.25) is 0 Å². The van der Waals surface area contributed by atoms with Crippen LogP contribution in [0.15, 0.2) is 24.3 Å². The van der Waals surface area contributed by atoms with Gasteiger partial charge in [-0.25, -0.2) is 4.79 Å². The minimum Gasteiger partial charge on any atom is -0.458 e. The van der Waals surface area contributed by atoms with Gasteiger partial charge in [0.25, 0.3) is 0 Å². The maximum absolute atomic E-state index is 11.6. The summed E-state index contributed by atoms with van der Waals surface area (Å²) in [5, 5.41) is 0. The largest absolute Gasteiger partial charge is 0.458 e. The Balaban J connectivity index is 2.50. The summed E-state index contributed by atoms with van der Waals surface area (Å²) in [5.74, 6) is -0.322. The van der Waals surface area contributed by atoms with Crippen molar-refractivity contribution in [1.29, 1.82) is 0 Å². The van der Waals surface area contributed by atoms with Gasteiger partial charge in [0.1, 0.15) is 12.2 Å². The SMILES string of the molecule is Cc1cccc(C(C)(C)COCC(=O)OC(C)(C)C)c1. The third-order valence-electron chi connectivity index (χ3n) is 2.90. The highest BCUT2D eigenvalue weighted by Gasteiger charge is 2.22. The molecule has 0 fully saturated rings. The number of carbonyl (C=O) groups is 1. The molecule has 0 radical (unpaired) electrons. The molecule has 0 aromatic heterocycles. The normalized spacial score (nSPS) is 12.3. The molecule has 0 aliphatic carbocycles. The van der Waals surface area contributed by atoms with E-state index in [1.165, 1.54) is 11.1 Å². The second-order valence-corrected chi connectivity index (χ2v) is 6.83. The van der Waals surface area contributed by atoms with Gasteiger partial charge in [-0.15, -0.1) is 0 Å². The van der Waals surface area contributed by atoms with E-state index >= 15 is 0 Å². The first-order valence-electron chi connectivity index (χ1n) is 6.97. The lowest BCUT2D eigenvalue weighted by Crippen LogP contribution is -2.30. The zero-order chi connectivity index (χ0) is 15.4. The Morgan fingerprint density at radius 1 is 1.15 bits per heavy atom. The first-order valence-corrected chi connectivity index (χ1v) is 6.97. The van der Waals surface area contributed by atoms with Gasteiger partial charge in [0.15, 0.2) is 0 Å². The molecule has 1 aromatic carbocycles. The van der Waals surface area contributed by atoms with Crippen molar-refractivity contribution in [1.82, 2.24) is 0 Å². The number of carbonyl (C=O) groups excluding carboxylic acids is 1. The van der Waals surface area contributed by atoms with Crippen molar-refractivity contribution < 1.29 is 14.3 Å². The van der Waals surface area contributed by atoms with E-state index < -0.39 is 5.60 Å². The van der Waals surface area contributed by atoms with E-state index in [4.69, 9.17) is 9.47 Å². The molecular weight excluding hydrogens is 252 g/mol. The van der Waals surface area contributed by atoms with Crippen LogP contribution >= 0.6 is 0 Å². The van der Waals surface area contributed by atoms with Crippen LogP contribution in [0.25, 0.3) is 0 Å². The van der Waals surface area contributed by atoms with E-state index in [0.29, 0.717) is 6.61 Å². The monoisotopic (exact) mass is 278 g/mol. The topological polar surface area (TPSA) is 35.5 Å². The lowest BCUT2D eigenvalue weighted by atomic mass is 9.85. The number of benzene rings is 1. The summed E-state index contributed by atoms with van der Waals surface area (Å²) in [6, 6.07) is 8.35. The van der Waals surface area contributed by atoms with E-state index in [0.717, 1.165) is 0 Å². The molecule has 0 heterocycles. The molecule has 112 valence electrons. The maximum atomic E-state index is 11.6. The van der Waals surface area contributed by atoms with Gasteiger partial charge < -0.3 is 9.47 Å². The highest BCUT2D eigenvalue weighted by molar-refractivity contribution is 5.71. The maximum Gasteiger partial charge on any atom is 0.332 e. The highest BCUT2D eigenvalue weighted by atomic mass is 16.6. The molecule has 0 N–H and O–H groups in total. The molecular formula is C17H26O3. The van der Waals surface area contributed by atoms with Crippen LogP contribution < -0.4 is 0 Å². The van der Waals surface area contributed by atoms with Gasteiger partial charge >= 0.3 is 5.97 Å². The smallest absolute Gasteiger partial charge is 0.332 e. The van der Waals surface area contributed by atoms with Gasteiger partial charge in [0, 0.05) is 5.41 Å². The van der Waals surface area contributed by atoms with Crippen molar-refractivity contribution in [2.24, 2.45) is 0 Å². The fourth-order valence-electron chi connectivity index (χ4n) is 1.91. The van der Waals surface area contributed by atoms with E-state index in [1.807, 2.05) is 26.8 Å². The molecule has 0 amide bonds. The molecule has 0 saturated heterocycles. The molecule has 0 spiro atoms. The number of hydrogen-bond acceptors (Lipinski definition) is 3. The number of esters is 1. The lowest BCUT2D eigenvalue weighted by Gasteiger charge is -2.26. The van der Waals surface area contributed by atoms with Crippen LogP contribution in [-0.4, -0.2) is 24.8 Å². The summed E-state index contributed by atoms with van der Waals surface area (Å²) in [6.07, 6.45) is 0. The summed E-state index contributed by atoms with van der Waals surface area (Å²) >= 11 is 0. The molecule has 0 bridgehead atoms. The molecule has 1 aromatic rings. The minimum atomic E-state index is -0.466. The Kier molecular flexibility index (Phi) is 5.35. The Hall–Kier alpha value is -1.35. The van der Waals surface area contributed by atoms with Crippen molar-refractivity contribution in [2.75, 3.05) is 13.2 Å². The molecule has 0 aliphatic heterocycles. The number of aryl methyl sites for hydroxylation is 1. The molecule has 3 heteroatoms. The molecule has 0 saturated carbocycles. The number of hydrogen-bond donors (Lipinski definition) is 0. The predicted molar refractivity (Wildman–Crippen MR) is 80.9 cm³/mol. The molecule has 3 nitrogen and oxygen atoms in total. The van der Waals surface area contributed by atoms with Crippen molar-refractivity contribution in [3.63, 3.8) is 0 Å². The van der Waals surface area contributed by atoms with Crippen molar-refractivity contribution in [3.05, 3.63) is 35.4 Å². The van der Waals surface area contributed by atoms with Crippen LogP contribution in [0.5, 0.6) is 0 Å². The van der Waals surface area contributed by atoms with Crippen molar-refractivity contribution in [2.45, 2.75) is 52.6 Å². The lowest BCUT2D eigenvalue weighted by molar-refractivity contribution is -0.160. The standard InChI is InChI=1S/C17H26O3/c1-13-8-7-9-14(10-13)17(5,6)12-19-11-15(18)20-16(2,3)4/h7-10H,11-12H2,1-6H3. The first kappa shape index (κ1) is 16.7. The predicted octanol–water partition coefficient (Wildman–Crippen LogP) is 3.63. The van der Waals surface area contributed by atoms with Gasteiger partial charge in [0.05, 0.1) is 6.61 Å².